The lowest BCUT2D eigenvalue weighted by Gasteiger charge is -2.12. The van der Waals surface area contributed by atoms with Crippen molar-refractivity contribution in [2.75, 3.05) is 18.5 Å². The Morgan fingerprint density at radius 3 is 2.57 bits per heavy atom. The molecule has 128 valence electrons. The average molecular weight is 343 g/mol. The van der Waals surface area contributed by atoms with E-state index in [1.54, 1.807) is 26.1 Å². The standard InChI is InChI=1S/C14H22N3O5P/c1-4-21-23(20,22-5-2)11-7-6-9-17-10-8-13(15-12(3)18)16-14(17)19/h7-8,10-11H,4-6,9H2,1-3H3,(H,15,16,18,19)/b11-7+. The van der Waals surface area contributed by atoms with E-state index < -0.39 is 13.3 Å². The Bertz CT molecular complexity index is 646. The molecule has 1 N–H and O–H groups in total. The van der Waals surface area contributed by atoms with Gasteiger partial charge in [0, 0.05) is 25.5 Å². The molecule has 1 rings (SSSR count). The third-order valence-corrected chi connectivity index (χ3v) is 4.43. The van der Waals surface area contributed by atoms with E-state index >= 15 is 0 Å². The predicted molar refractivity (Wildman–Crippen MR) is 87.4 cm³/mol. The minimum absolute atomic E-state index is 0.214. The van der Waals surface area contributed by atoms with E-state index in [0.29, 0.717) is 13.0 Å². The van der Waals surface area contributed by atoms with Crippen LogP contribution in [0.5, 0.6) is 0 Å². The summed E-state index contributed by atoms with van der Waals surface area (Å²) in [7, 11) is -3.21. The highest BCUT2D eigenvalue weighted by Crippen LogP contribution is 2.49. The number of aromatic nitrogens is 2. The molecule has 0 unspecified atom stereocenters. The largest absolute Gasteiger partial charge is 0.353 e. The van der Waals surface area contributed by atoms with Crippen LogP contribution in [0.15, 0.2) is 29.0 Å². The first-order chi connectivity index (χ1) is 10.9. The fourth-order valence-electron chi connectivity index (χ4n) is 1.75. The van der Waals surface area contributed by atoms with Gasteiger partial charge < -0.3 is 14.4 Å². The molecule has 1 amide bonds. The van der Waals surface area contributed by atoms with E-state index in [9.17, 15) is 14.2 Å². The Labute approximate surface area is 135 Å². The van der Waals surface area contributed by atoms with Crippen molar-refractivity contribution in [3.8, 4) is 0 Å². The summed E-state index contributed by atoms with van der Waals surface area (Å²) in [5.74, 6) is 1.33. The van der Waals surface area contributed by atoms with Crippen molar-refractivity contribution in [2.45, 2.75) is 33.7 Å². The van der Waals surface area contributed by atoms with E-state index in [1.165, 1.54) is 23.4 Å². The van der Waals surface area contributed by atoms with Gasteiger partial charge in [0.2, 0.25) is 5.91 Å². The number of nitrogens with zero attached hydrogens (tertiary/aromatic N) is 2. The van der Waals surface area contributed by atoms with E-state index in [2.05, 4.69) is 10.3 Å². The van der Waals surface area contributed by atoms with Gasteiger partial charge in [0.25, 0.3) is 0 Å². The van der Waals surface area contributed by atoms with Crippen molar-refractivity contribution in [1.82, 2.24) is 9.55 Å². The van der Waals surface area contributed by atoms with E-state index in [4.69, 9.17) is 9.05 Å². The normalized spacial score (nSPS) is 11.8. The molecule has 0 atom stereocenters. The smallest absolute Gasteiger partial charge is 0.311 e. The Morgan fingerprint density at radius 1 is 1.39 bits per heavy atom. The second-order valence-corrected chi connectivity index (χ2v) is 6.41. The zero-order chi connectivity index (χ0) is 17.3. The van der Waals surface area contributed by atoms with Crippen LogP contribution in [0.1, 0.15) is 27.2 Å². The van der Waals surface area contributed by atoms with Crippen LogP contribution in [0, 0.1) is 0 Å². The van der Waals surface area contributed by atoms with Crippen LogP contribution in [0.25, 0.3) is 0 Å². The number of nitrogens with one attached hydrogen (secondary N) is 1. The predicted octanol–water partition coefficient (Wildman–Crippen LogP) is 2.37. The third kappa shape index (κ3) is 6.90. The van der Waals surface area contributed by atoms with Crippen LogP contribution >= 0.6 is 7.60 Å². The van der Waals surface area contributed by atoms with Crippen LogP contribution in [0.2, 0.25) is 0 Å². The summed E-state index contributed by atoms with van der Waals surface area (Å²) in [5.41, 5.74) is -0.470. The Hall–Kier alpha value is -1.76. The Morgan fingerprint density at radius 2 is 2.04 bits per heavy atom. The molecule has 0 aromatic carbocycles. The van der Waals surface area contributed by atoms with Gasteiger partial charge in [0.05, 0.1) is 13.2 Å². The number of carbonyl (C=O) groups excluding carboxylic acids is 1. The molecule has 0 aliphatic carbocycles. The van der Waals surface area contributed by atoms with Crippen molar-refractivity contribution in [3.63, 3.8) is 0 Å². The van der Waals surface area contributed by atoms with Crippen molar-refractivity contribution in [1.29, 1.82) is 0 Å². The molecule has 0 spiro atoms. The van der Waals surface area contributed by atoms with Gasteiger partial charge in [-0.2, -0.15) is 4.98 Å². The number of rotatable bonds is 9. The van der Waals surface area contributed by atoms with Crippen molar-refractivity contribution < 1.29 is 18.4 Å². The maximum absolute atomic E-state index is 12.2. The monoisotopic (exact) mass is 343 g/mol. The minimum atomic E-state index is -3.21. The molecule has 0 radical (unpaired) electrons. The third-order valence-electron chi connectivity index (χ3n) is 2.62. The Kier molecular flexibility index (Phi) is 7.88. The van der Waals surface area contributed by atoms with Gasteiger partial charge in [-0.1, -0.05) is 6.08 Å². The zero-order valence-electron chi connectivity index (χ0n) is 13.5. The quantitative estimate of drug-likeness (QED) is 0.691. The number of carbonyl (C=O) groups is 1. The van der Waals surface area contributed by atoms with Gasteiger partial charge in [-0.15, -0.1) is 0 Å². The SMILES string of the molecule is CCOP(=O)(/C=C/CCn1ccc(NC(C)=O)nc1=O)OCC. The lowest BCUT2D eigenvalue weighted by molar-refractivity contribution is -0.114. The molecule has 1 aromatic heterocycles. The molecule has 0 fully saturated rings. The van der Waals surface area contributed by atoms with Crippen LogP contribution in [0.4, 0.5) is 5.82 Å². The average Bonchev–Trinajstić information content (AvgIpc) is 2.45. The molecule has 0 saturated heterocycles. The summed E-state index contributed by atoms with van der Waals surface area (Å²) in [4.78, 5) is 26.4. The molecule has 0 aliphatic rings. The minimum Gasteiger partial charge on any atom is -0.311 e. The maximum Gasteiger partial charge on any atom is 0.353 e. The van der Waals surface area contributed by atoms with Crippen LogP contribution in [0.3, 0.4) is 0 Å². The second-order valence-electron chi connectivity index (χ2n) is 4.52. The fraction of sp³-hybridized carbons (Fsp3) is 0.500. The van der Waals surface area contributed by atoms with Crippen LogP contribution in [-0.4, -0.2) is 28.7 Å². The van der Waals surface area contributed by atoms with E-state index in [0.717, 1.165) is 0 Å². The molecule has 1 heterocycles. The second kappa shape index (κ2) is 9.39. The lowest BCUT2D eigenvalue weighted by Crippen LogP contribution is -2.24. The number of amides is 1. The maximum atomic E-state index is 12.2. The molecule has 1 aromatic rings. The highest BCUT2D eigenvalue weighted by atomic mass is 31.2. The summed E-state index contributed by atoms with van der Waals surface area (Å²) in [6.07, 6.45) is 3.66. The van der Waals surface area contributed by atoms with Crippen molar-refractivity contribution >= 4 is 19.3 Å². The highest BCUT2D eigenvalue weighted by Gasteiger charge is 2.18. The summed E-state index contributed by atoms with van der Waals surface area (Å²) in [5, 5.41) is 2.44. The van der Waals surface area contributed by atoms with Gasteiger partial charge in [-0.3, -0.25) is 13.9 Å². The first-order valence-electron chi connectivity index (χ1n) is 7.31. The van der Waals surface area contributed by atoms with Gasteiger partial charge in [0.15, 0.2) is 0 Å². The Balaban J connectivity index is 2.64. The van der Waals surface area contributed by atoms with Crippen molar-refractivity contribution in [3.05, 3.63) is 34.6 Å². The lowest BCUT2D eigenvalue weighted by atomic mass is 10.4. The molecular weight excluding hydrogens is 321 g/mol. The number of hydrogen-bond acceptors (Lipinski definition) is 6. The zero-order valence-corrected chi connectivity index (χ0v) is 14.4. The highest BCUT2D eigenvalue weighted by molar-refractivity contribution is 7.57. The fourth-order valence-corrected chi connectivity index (χ4v) is 3.12. The van der Waals surface area contributed by atoms with E-state index in [1.807, 2.05) is 0 Å². The molecular formula is C14H22N3O5P. The number of anilines is 1. The number of aryl methyl sites for hydroxylation is 1. The number of hydrogen-bond donors (Lipinski definition) is 1. The molecule has 9 heteroatoms. The summed E-state index contributed by atoms with van der Waals surface area (Å²) in [6, 6.07) is 1.54. The molecule has 23 heavy (non-hydrogen) atoms. The molecule has 0 saturated carbocycles. The summed E-state index contributed by atoms with van der Waals surface area (Å²) in [6.45, 7) is 5.75. The molecule has 0 bridgehead atoms. The molecule has 0 aliphatic heterocycles. The van der Waals surface area contributed by atoms with Crippen LogP contribution < -0.4 is 11.0 Å². The first-order valence-corrected chi connectivity index (χ1v) is 8.93. The van der Waals surface area contributed by atoms with E-state index in [-0.39, 0.29) is 24.9 Å². The van der Waals surface area contributed by atoms with Gasteiger partial charge in [0.1, 0.15) is 5.82 Å². The topological polar surface area (TPSA) is 99.5 Å². The molecule has 8 nitrogen and oxygen atoms in total. The van der Waals surface area contributed by atoms with Crippen molar-refractivity contribution in [2.24, 2.45) is 0 Å². The van der Waals surface area contributed by atoms with Gasteiger partial charge in [-0.05, 0) is 26.3 Å². The van der Waals surface area contributed by atoms with Gasteiger partial charge in [-0.25, -0.2) is 4.79 Å². The summed E-state index contributed by atoms with van der Waals surface area (Å²) < 4.78 is 23.8. The summed E-state index contributed by atoms with van der Waals surface area (Å²) >= 11 is 0. The van der Waals surface area contributed by atoms with Gasteiger partial charge >= 0.3 is 13.3 Å². The van der Waals surface area contributed by atoms with Crippen LogP contribution in [-0.2, 0) is 25.0 Å². The first kappa shape index (κ1) is 19.3. The number of allylic oxidation sites excluding steroid dienone is 1.